The molecular formula is C14H12N4. The summed E-state index contributed by atoms with van der Waals surface area (Å²) in [6.07, 6.45) is 5.40. The smallest absolute Gasteiger partial charge is 0.0744 e. The van der Waals surface area contributed by atoms with Crippen LogP contribution in [0.2, 0.25) is 0 Å². The maximum atomic E-state index is 5.42. The van der Waals surface area contributed by atoms with Gasteiger partial charge in [0.05, 0.1) is 11.4 Å². The Morgan fingerprint density at radius 3 is 2.83 bits per heavy atom. The molecule has 4 heteroatoms. The topological polar surface area (TPSA) is 63.8 Å². The van der Waals surface area contributed by atoms with E-state index in [2.05, 4.69) is 21.5 Å². The van der Waals surface area contributed by atoms with Gasteiger partial charge >= 0.3 is 0 Å². The number of aromatic nitrogens is 2. The van der Waals surface area contributed by atoms with Crippen molar-refractivity contribution in [1.29, 1.82) is 0 Å². The van der Waals surface area contributed by atoms with Gasteiger partial charge in [-0.3, -0.25) is 15.8 Å². The molecule has 0 bridgehead atoms. The van der Waals surface area contributed by atoms with Crippen LogP contribution >= 0.6 is 0 Å². The fourth-order valence-electron chi connectivity index (χ4n) is 1.99. The summed E-state index contributed by atoms with van der Waals surface area (Å²) in [5.41, 5.74) is 5.31. The van der Waals surface area contributed by atoms with Crippen LogP contribution in [0.5, 0.6) is 0 Å². The summed E-state index contributed by atoms with van der Waals surface area (Å²) in [5.74, 6) is 5.42. The van der Waals surface area contributed by atoms with Gasteiger partial charge in [-0.1, -0.05) is 24.3 Å². The van der Waals surface area contributed by atoms with E-state index >= 15 is 0 Å². The first-order chi connectivity index (χ1) is 8.88. The molecule has 2 heterocycles. The highest BCUT2D eigenvalue weighted by Crippen LogP contribution is 2.27. The van der Waals surface area contributed by atoms with Crippen LogP contribution in [0.4, 0.5) is 5.69 Å². The molecule has 0 aliphatic rings. The van der Waals surface area contributed by atoms with E-state index in [-0.39, 0.29) is 0 Å². The van der Waals surface area contributed by atoms with Gasteiger partial charge in [-0.05, 0) is 17.5 Å². The van der Waals surface area contributed by atoms with E-state index in [0.29, 0.717) is 0 Å². The number of hydrogen-bond donors (Lipinski definition) is 2. The first-order valence-corrected chi connectivity index (χ1v) is 5.64. The summed E-state index contributed by atoms with van der Waals surface area (Å²) >= 11 is 0. The van der Waals surface area contributed by atoms with Gasteiger partial charge in [0.25, 0.3) is 0 Å². The lowest BCUT2D eigenvalue weighted by Gasteiger charge is -2.06. The van der Waals surface area contributed by atoms with Gasteiger partial charge in [-0.25, -0.2) is 0 Å². The number of benzene rings is 1. The van der Waals surface area contributed by atoms with Crippen LogP contribution in [0.3, 0.4) is 0 Å². The molecule has 3 N–H and O–H groups in total. The minimum atomic E-state index is 0.827. The molecule has 0 unspecified atom stereocenters. The van der Waals surface area contributed by atoms with E-state index in [9.17, 15) is 0 Å². The Morgan fingerprint density at radius 2 is 1.94 bits per heavy atom. The average Bonchev–Trinajstić information content (AvgIpc) is 2.47. The largest absolute Gasteiger partial charge is 0.324 e. The molecule has 3 rings (SSSR count). The summed E-state index contributed by atoms with van der Waals surface area (Å²) in [4.78, 5) is 8.63. The van der Waals surface area contributed by atoms with E-state index in [1.807, 2.05) is 42.7 Å². The minimum Gasteiger partial charge on any atom is -0.324 e. The van der Waals surface area contributed by atoms with E-state index in [0.717, 1.165) is 27.7 Å². The number of pyridine rings is 2. The second-order valence-corrected chi connectivity index (χ2v) is 3.98. The fourth-order valence-corrected chi connectivity index (χ4v) is 1.99. The summed E-state index contributed by atoms with van der Waals surface area (Å²) in [6.45, 7) is 0. The zero-order valence-electron chi connectivity index (χ0n) is 9.67. The molecule has 0 amide bonds. The van der Waals surface area contributed by atoms with Crippen molar-refractivity contribution in [3.8, 4) is 11.3 Å². The van der Waals surface area contributed by atoms with Gasteiger partial charge in [0, 0.05) is 29.5 Å². The molecule has 2 aromatic heterocycles. The fraction of sp³-hybridized carbons (Fsp3) is 0. The third-order valence-corrected chi connectivity index (χ3v) is 2.87. The number of fused-ring (bicyclic) bond motifs is 1. The number of nitrogens with two attached hydrogens (primary N) is 1. The van der Waals surface area contributed by atoms with Gasteiger partial charge in [0.15, 0.2) is 0 Å². The highest BCUT2D eigenvalue weighted by molar-refractivity contribution is 5.95. The van der Waals surface area contributed by atoms with Gasteiger partial charge in [-0.15, -0.1) is 0 Å². The molecule has 0 aliphatic heterocycles. The van der Waals surface area contributed by atoms with Gasteiger partial charge in [0.1, 0.15) is 0 Å². The number of nitrogens with zero attached hydrogens (tertiary/aromatic N) is 2. The zero-order valence-corrected chi connectivity index (χ0v) is 9.67. The van der Waals surface area contributed by atoms with Crippen molar-refractivity contribution in [2.75, 3.05) is 5.43 Å². The van der Waals surface area contributed by atoms with Gasteiger partial charge in [0.2, 0.25) is 0 Å². The second-order valence-electron chi connectivity index (χ2n) is 3.98. The van der Waals surface area contributed by atoms with E-state index in [1.54, 1.807) is 6.20 Å². The zero-order chi connectivity index (χ0) is 12.4. The highest BCUT2D eigenvalue weighted by Gasteiger charge is 2.05. The Kier molecular flexibility index (Phi) is 2.63. The summed E-state index contributed by atoms with van der Waals surface area (Å²) in [7, 11) is 0. The number of nitrogens with one attached hydrogen (secondary N) is 1. The first kappa shape index (κ1) is 10.7. The molecule has 0 atom stereocenters. The SMILES string of the molecule is NNc1ccnc(-c2cncc3ccccc23)c1. The molecule has 0 saturated heterocycles. The van der Waals surface area contributed by atoms with Gasteiger partial charge < -0.3 is 5.43 Å². The molecule has 18 heavy (non-hydrogen) atoms. The molecule has 0 radical (unpaired) electrons. The molecule has 0 aliphatic carbocycles. The molecule has 0 spiro atoms. The molecule has 3 aromatic rings. The summed E-state index contributed by atoms with van der Waals surface area (Å²) in [5, 5.41) is 2.23. The Morgan fingerprint density at radius 1 is 1.06 bits per heavy atom. The number of nitrogen functional groups attached to an aromatic ring is 1. The van der Waals surface area contributed by atoms with E-state index < -0.39 is 0 Å². The molecular weight excluding hydrogens is 224 g/mol. The quantitative estimate of drug-likeness (QED) is 0.530. The third kappa shape index (κ3) is 1.78. The predicted octanol–water partition coefficient (Wildman–Crippen LogP) is 2.58. The lowest BCUT2D eigenvalue weighted by molar-refractivity contribution is 1.27. The Hall–Kier alpha value is -2.46. The van der Waals surface area contributed by atoms with Crippen molar-refractivity contribution < 1.29 is 0 Å². The van der Waals surface area contributed by atoms with Gasteiger partial charge in [-0.2, -0.15) is 0 Å². The van der Waals surface area contributed by atoms with Crippen molar-refractivity contribution in [3.63, 3.8) is 0 Å². The average molecular weight is 236 g/mol. The van der Waals surface area contributed by atoms with Crippen molar-refractivity contribution in [2.24, 2.45) is 5.84 Å². The van der Waals surface area contributed by atoms with E-state index in [1.165, 1.54) is 0 Å². The third-order valence-electron chi connectivity index (χ3n) is 2.87. The van der Waals surface area contributed by atoms with Crippen LogP contribution in [0, 0.1) is 0 Å². The van der Waals surface area contributed by atoms with Crippen LogP contribution in [0.15, 0.2) is 55.0 Å². The van der Waals surface area contributed by atoms with Crippen LogP contribution in [-0.2, 0) is 0 Å². The molecule has 1 aromatic carbocycles. The Bertz CT molecular complexity index is 689. The number of hydrogen-bond acceptors (Lipinski definition) is 4. The Balaban J connectivity index is 2.24. The second kappa shape index (κ2) is 4.43. The monoisotopic (exact) mass is 236 g/mol. The van der Waals surface area contributed by atoms with Crippen molar-refractivity contribution in [3.05, 3.63) is 55.0 Å². The van der Waals surface area contributed by atoms with Crippen LogP contribution in [-0.4, -0.2) is 9.97 Å². The highest BCUT2D eigenvalue weighted by atomic mass is 15.2. The predicted molar refractivity (Wildman–Crippen MR) is 72.8 cm³/mol. The van der Waals surface area contributed by atoms with Crippen molar-refractivity contribution >= 4 is 16.5 Å². The van der Waals surface area contributed by atoms with Crippen molar-refractivity contribution in [2.45, 2.75) is 0 Å². The van der Waals surface area contributed by atoms with Crippen LogP contribution in [0.25, 0.3) is 22.0 Å². The molecule has 0 fully saturated rings. The molecule has 4 nitrogen and oxygen atoms in total. The summed E-state index contributed by atoms with van der Waals surface area (Å²) < 4.78 is 0. The maximum Gasteiger partial charge on any atom is 0.0744 e. The normalized spacial score (nSPS) is 10.5. The minimum absolute atomic E-state index is 0.827. The van der Waals surface area contributed by atoms with Crippen molar-refractivity contribution in [1.82, 2.24) is 9.97 Å². The summed E-state index contributed by atoms with van der Waals surface area (Å²) in [6, 6.07) is 11.8. The number of hydrazine groups is 1. The van der Waals surface area contributed by atoms with Crippen LogP contribution in [0.1, 0.15) is 0 Å². The standard InChI is InChI=1S/C14H12N4/c15-18-11-5-6-17-14(7-11)13-9-16-8-10-3-1-2-4-12(10)13/h1-9H,15H2,(H,17,18). The molecule has 0 saturated carbocycles. The Labute approximate surface area is 104 Å². The van der Waals surface area contributed by atoms with Crippen LogP contribution < -0.4 is 11.3 Å². The lowest BCUT2D eigenvalue weighted by atomic mass is 10.0. The number of rotatable bonds is 2. The molecule has 88 valence electrons. The lowest BCUT2D eigenvalue weighted by Crippen LogP contribution is -2.06. The van der Waals surface area contributed by atoms with E-state index in [4.69, 9.17) is 5.84 Å². The first-order valence-electron chi connectivity index (χ1n) is 5.64. The maximum absolute atomic E-state index is 5.42. The number of anilines is 1.